The first-order chi connectivity index (χ1) is 17.1. The number of nitrogens with zero attached hydrogens (tertiary/aromatic N) is 2. The summed E-state index contributed by atoms with van der Waals surface area (Å²) in [6.45, 7) is 11.2. The molecule has 1 aromatic heterocycles. The maximum atomic E-state index is 11.1. The molecule has 196 valence electrons. The van der Waals surface area contributed by atoms with Crippen LogP contribution < -0.4 is 20.7 Å². The largest absolute Gasteiger partial charge is 0.493 e. The molecule has 10 heteroatoms. The zero-order valence-corrected chi connectivity index (χ0v) is 21.5. The third kappa shape index (κ3) is 8.33. The van der Waals surface area contributed by atoms with Crippen LogP contribution in [0.15, 0.2) is 35.8 Å². The van der Waals surface area contributed by atoms with Gasteiger partial charge in [-0.1, -0.05) is 20.4 Å². The number of aliphatic imine (C=N–C) groups is 1. The molecule has 0 saturated heterocycles. The van der Waals surface area contributed by atoms with Crippen molar-refractivity contribution in [2.45, 2.75) is 40.2 Å². The molecule has 0 aliphatic rings. The summed E-state index contributed by atoms with van der Waals surface area (Å²) in [5.74, 6) is 6.49. The Morgan fingerprint density at radius 3 is 2.56 bits per heavy atom. The van der Waals surface area contributed by atoms with Gasteiger partial charge in [0.05, 0.1) is 12.8 Å². The van der Waals surface area contributed by atoms with Crippen molar-refractivity contribution in [3.05, 3.63) is 58.9 Å². The number of pyridine rings is 1. The maximum absolute atomic E-state index is 11.1. The first-order valence-corrected chi connectivity index (χ1v) is 11.6. The number of nitrogens with two attached hydrogens (primary N) is 1. The lowest BCUT2D eigenvalue weighted by molar-refractivity contribution is -0.124. The molecule has 0 radical (unpaired) electrons. The number of aromatic nitrogens is 1. The van der Waals surface area contributed by atoms with Gasteiger partial charge in [-0.3, -0.25) is 9.78 Å². The van der Waals surface area contributed by atoms with E-state index in [1.165, 1.54) is 7.11 Å². The van der Waals surface area contributed by atoms with Crippen molar-refractivity contribution < 1.29 is 29.3 Å². The van der Waals surface area contributed by atoms with Crippen molar-refractivity contribution in [1.29, 1.82) is 0 Å². The van der Waals surface area contributed by atoms with Crippen molar-refractivity contribution >= 4 is 17.5 Å². The minimum atomic E-state index is -0.975. The molecule has 0 bridgehead atoms. The fourth-order valence-electron chi connectivity index (χ4n) is 3.50. The van der Waals surface area contributed by atoms with Gasteiger partial charge >= 0.3 is 0 Å². The Kier molecular flexibility index (Phi) is 10.8. The summed E-state index contributed by atoms with van der Waals surface area (Å²) in [6.07, 6.45) is -0.161. The van der Waals surface area contributed by atoms with Crippen LogP contribution in [0.2, 0.25) is 0 Å². The minimum Gasteiger partial charge on any atom is -0.493 e. The normalized spacial score (nSPS) is 12.3. The number of amides is 1. The van der Waals surface area contributed by atoms with Crippen LogP contribution in [0.25, 0.3) is 5.70 Å². The third-order valence-corrected chi connectivity index (χ3v) is 5.11. The Morgan fingerprint density at radius 1 is 1.22 bits per heavy atom. The van der Waals surface area contributed by atoms with E-state index >= 15 is 0 Å². The van der Waals surface area contributed by atoms with E-state index in [-0.39, 0.29) is 19.0 Å². The van der Waals surface area contributed by atoms with Gasteiger partial charge in [0.25, 0.3) is 0 Å². The average molecular weight is 501 g/mol. The molecule has 2 aromatic rings. The zero-order chi connectivity index (χ0) is 26.8. The van der Waals surface area contributed by atoms with Crippen LogP contribution in [0.5, 0.6) is 11.5 Å². The number of nitrogens with one attached hydrogen (secondary N) is 1. The highest BCUT2D eigenvalue weighted by atomic mass is 16.6. The highest BCUT2D eigenvalue weighted by Gasteiger charge is 2.16. The average Bonchev–Trinajstić information content (AvgIpc) is 2.83. The number of aliphatic hydroxyl groups excluding tert-OH is 2. The van der Waals surface area contributed by atoms with Crippen LogP contribution in [0.4, 0.5) is 0 Å². The Bertz CT molecular complexity index is 1100. The zero-order valence-electron chi connectivity index (χ0n) is 21.5. The summed E-state index contributed by atoms with van der Waals surface area (Å²) in [7, 11) is 1.50. The molecule has 1 heterocycles. The quantitative estimate of drug-likeness (QED) is 0.197. The fraction of sp³-hybridized carbons (Fsp3) is 0.423. The molecule has 0 saturated carbocycles. The van der Waals surface area contributed by atoms with E-state index in [0.29, 0.717) is 34.2 Å². The summed E-state index contributed by atoms with van der Waals surface area (Å²) < 4.78 is 11.2. The van der Waals surface area contributed by atoms with E-state index in [2.05, 4.69) is 35.7 Å². The van der Waals surface area contributed by atoms with Gasteiger partial charge in [0.2, 0.25) is 11.8 Å². The van der Waals surface area contributed by atoms with Gasteiger partial charge in [-0.25, -0.2) is 4.99 Å². The lowest BCUT2D eigenvalue weighted by atomic mass is 10.0. The van der Waals surface area contributed by atoms with Crippen LogP contribution >= 0.6 is 0 Å². The predicted molar refractivity (Wildman–Crippen MR) is 138 cm³/mol. The molecule has 0 fully saturated rings. The Labute approximate surface area is 211 Å². The summed E-state index contributed by atoms with van der Waals surface area (Å²) in [6, 6.07) is 7.28. The van der Waals surface area contributed by atoms with Crippen LogP contribution in [0.1, 0.15) is 41.9 Å². The van der Waals surface area contributed by atoms with Gasteiger partial charge in [0.1, 0.15) is 19.3 Å². The second-order valence-electron chi connectivity index (χ2n) is 8.82. The van der Waals surface area contributed by atoms with Crippen LogP contribution in [0, 0.1) is 19.8 Å². The number of benzene rings is 1. The Morgan fingerprint density at radius 2 is 1.94 bits per heavy atom. The van der Waals surface area contributed by atoms with E-state index in [4.69, 9.17) is 25.3 Å². The highest BCUT2D eigenvalue weighted by Crippen LogP contribution is 2.35. The maximum Gasteiger partial charge on any atom is 0.245 e. The number of ether oxygens (including phenoxy) is 2. The van der Waals surface area contributed by atoms with Gasteiger partial charge in [-0.05, 0) is 56.0 Å². The first kappa shape index (κ1) is 28.8. The van der Waals surface area contributed by atoms with Gasteiger partial charge in [-0.15, -0.1) is 0 Å². The van der Waals surface area contributed by atoms with Crippen LogP contribution in [-0.2, 0) is 16.1 Å². The molecule has 36 heavy (non-hydrogen) atoms. The molecule has 0 aliphatic carbocycles. The van der Waals surface area contributed by atoms with Crippen molar-refractivity contribution in [2.75, 3.05) is 26.9 Å². The third-order valence-electron chi connectivity index (χ3n) is 5.11. The fourth-order valence-corrected chi connectivity index (χ4v) is 3.50. The van der Waals surface area contributed by atoms with Crippen LogP contribution in [-0.4, -0.2) is 60.0 Å². The number of methoxy groups -OCH3 is 1. The van der Waals surface area contributed by atoms with E-state index in [1.807, 2.05) is 32.0 Å². The standard InChI is InChI=1S/C26H36N4O6/c1-15(2)7-21-10-20(9-17(4)29-21)26(36-27)30-18(5)19-8-16(3)25(23(11-19)34-6)35-14-22(32)12-28-24(33)13-31/h8-11,15,22,31-32H,5,7,12-14,27H2,1-4,6H3,(H,28,33). The molecule has 1 amide bonds. The predicted octanol–water partition coefficient (Wildman–Crippen LogP) is 2.06. The molecule has 1 aromatic carbocycles. The minimum absolute atomic E-state index is 0.0560. The van der Waals surface area contributed by atoms with Crippen molar-refractivity contribution in [2.24, 2.45) is 16.8 Å². The lowest BCUT2D eigenvalue weighted by Gasteiger charge is -2.18. The van der Waals surface area contributed by atoms with Gasteiger partial charge in [-0.2, -0.15) is 5.90 Å². The molecule has 1 unspecified atom stereocenters. The van der Waals surface area contributed by atoms with Crippen molar-refractivity contribution in [1.82, 2.24) is 10.3 Å². The second kappa shape index (κ2) is 13.6. The number of aryl methyl sites for hydroxylation is 2. The lowest BCUT2D eigenvalue weighted by Crippen LogP contribution is -2.36. The number of rotatable bonds is 12. The van der Waals surface area contributed by atoms with Gasteiger partial charge in [0, 0.05) is 29.1 Å². The topological polar surface area (TPSA) is 149 Å². The molecule has 10 nitrogen and oxygen atoms in total. The summed E-state index contributed by atoms with van der Waals surface area (Å²) >= 11 is 0. The highest BCUT2D eigenvalue weighted by molar-refractivity contribution is 5.97. The smallest absolute Gasteiger partial charge is 0.245 e. The number of hydrogen-bond acceptors (Lipinski definition) is 9. The number of carbonyl (C=O) groups is 1. The molecule has 2 rings (SSSR count). The number of hydrogen-bond donors (Lipinski definition) is 4. The molecule has 1 atom stereocenters. The molecule has 0 aliphatic heterocycles. The first-order valence-electron chi connectivity index (χ1n) is 11.6. The monoisotopic (exact) mass is 500 g/mol. The molecular formula is C26H36N4O6. The van der Waals surface area contributed by atoms with Crippen LogP contribution in [0.3, 0.4) is 0 Å². The molecular weight excluding hydrogens is 464 g/mol. The second-order valence-corrected chi connectivity index (χ2v) is 8.82. The van der Waals surface area contributed by atoms with E-state index in [9.17, 15) is 9.90 Å². The number of carbonyl (C=O) groups excluding carboxylic acids is 1. The van der Waals surface area contributed by atoms with E-state index < -0.39 is 18.6 Å². The molecule has 0 spiro atoms. The van der Waals surface area contributed by atoms with Crippen molar-refractivity contribution in [3.8, 4) is 11.5 Å². The molecule has 5 N–H and O–H groups in total. The SMILES string of the molecule is C=C(N=C(ON)c1cc(C)nc(CC(C)C)c1)c1cc(C)c(OCC(O)CNC(=O)CO)c(OC)c1. The summed E-state index contributed by atoms with van der Waals surface area (Å²) in [4.78, 5) is 25.3. The Hall–Kier alpha value is -3.47. The van der Waals surface area contributed by atoms with Crippen molar-refractivity contribution in [3.63, 3.8) is 0 Å². The summed E-state index contributed by atoms with van der Waals surface area (Å²) in [5, 5.41) is 21.2. The van der Waals surface area contributed by atoms with Gasteiger partial charge < -0.3 is 29.8 Å². The summed E-state index contributed by atoms with van der Waals surface area (Å²) in [5.41, 5.74) is 4.24. The van der Waals surface area contributed by atoms with E-state index in [0.717, 1.165) is 23.4 Å². The number of aliphatic hydroxyl groups is 2. The Balaban J connectivity index is 2.25. The van der Waals surface area contributed by atoms with Gasteiger partial charge in [0.15, 0.2) is 11.5 Å². The van der Waals surface area contributed by atoms with E-state index in [1.54, 1.807) is 6.07 Å².